The van der Waals surface area contributed by atoms with E-state index in [1.54, 1.807) is 6.20 Å². The van der Waals surface area contributed by atoms with Gasteiger partial charge in [0.05, 0.1) is 31.1 Å². The van der Waals surface area contributed by atoms with Crippen LogP contribution in [-0.2, 0) is 4.74 Å². The molecule has 1 aliphatic rings. The highest BCUT2D eigenvalue weighted by Gasteiger charge is 2.21. The molecule has 1 aliphatic heterocycles. The quantitative estimate of drug-likeness (QED) is 0.795. The number of ether oxygens (including phenoxy) is 1. The Kier molecular flexibility index (Phi) is 3.78. The zero-order valence-corrected chi connectivity index (χ0v) is 13.8. The highest BCUT2D eigenvalue weighted by molar-refractivity contribution is 5.66. The standard InChI is InChI=1S/C17H20N6O/c1-12-11-24-8-7-22(12)17-4-3-16-20-10-14(23(16)21-17)13-5-6-19-15(9-13)18-2/h3-6,9-10,12H,7-8,11H2,1-2H3,(H,18,19). The zero-order chi connectivity index (χ0) is 16.5. The first-order chi connectivity index (χ1) is 11.8. The summed E-state index contributed by atoms with van der Waals surface area (Å²) < 4.78 is 7.42. The zero-order valence-electron chi connectivity index (χ0n) is 13.8. The van der Waals surface area contributed by atoms with Gasteiger partial charge in [-0.15, -0.1) is 5.10 Å². The van der Waals surface area contributed by atoms with Crippen LogP contribution in [0.1, 0.15) is 6.92 Å². The van der Waals surface area contributed by atoms with Crippen LogP contribution in [0.15, 0.2) is 36.7 Å². The third-order valence-electron chi connectivity index (χ3n) is 4.32. The molecule has 3 aromatic rings. The summed E-state index contributed by atoms with van der Waals surface area (Å²) in [6, 6.07) is 8.31. The van der Waals surface area contributed by atoms with Crippen LogP contribution in [0.2, 0.25) is 0 Å². The van der Waals surface area contributed by atoms with Gasteiger partial charge in [-0.3, -0.25) is 0 Å². The second kappa shape index (κ2) is 6.09. The first-order valence-corrected chi connectivity index (χ1v) is 8.09. The maximum absolute atomic E-state index is 5.52. The fourth-order valence-corrected chi connectivity index (χ4v) is 3.01. The Morgan fingerprint density at radius 3 is 3.00 bits per heavy atom. The molecular weight excluding hydrogens is 304 g/mol. The molecule has 0 aliphatic carbocycles. The first-order valence-electron chi connectivity index (χ1n) is 8.09. The SMILES string of the molecule is CNc1cc(-c2cnc3ccc(N4CCOCC4C)nn23)ccn1. The van der Waals surface area contributed by atoms with Crippen molar-refractivity contribution in [3.63, 3.8) is 0 Å². The molecule has 124 valence electrons. The molecule has 0 saturated carbocycles. The third kappa shape index (κ3) is 2.56. The number of aromatic nitrogens is 4. The number of morpholine rings is 1. The number of nitrogens with one attached hydrogen (secondary N) is 1. The van der Waals surface area contributed by atoms with Crippen molar-refractivity contribution in [2.24, 2.45) is 0 Å². The number of nitrogens with zero attached hydrogens (tertiary/aromatic N) is 5. The van der Waals surface area contributed by atoms with E-state index in [2.05, 4.69) is 27.1 Å². The molecule has 1 N–H and O–H groups in total. The minimum absolute atomic E-state index is 0.312. The molecule has 1 atom stereocenters. The van der Waals surface area contributed by atoms with Crippen LogP contribution in [0, 0.1) is 0 Å². The second-order valence-electron chi connectivity index (χ2n) is 5.90. The predicted molar refractivity (Wildman–Crippen MR) is 93.4 cm³/mol. The van der Waals surface area contributed by atoms with Crippen LogP contribution in [0.3, 0.4) is 0 Å². The molecule has 0 amide bonds. The van der Waals surface area contributed by atoms with Crippen LogP contribution in [0.5, 0.6) is 0 Å². The summed E-state index contributed by atoms with van der Waals surface area (Å²) in [5.74, 6) is 1.76. The van der Waals surface area contributed by atoms with Gasteiger partial charge in [0.2, 0.25) is 0 Å². The van der Waals surface area contributed by atoms with Gasteiger partial charge < -0.3 is 15.0 Å². The van der Waals surface area contributed by atoms with Crippen LogP contribution >= 0.6 is 0 Å². The molecule has 7 heteroatoms. The summed E-state index contributed by atoms with van der Waals surface area (Å²) >= 11 is 0. The first kappa shape index (κ1) is 14.9. The molecule has 1 fully saturated rings. The normalized spacial score (nSPS) is 18.1. The largest absolute Gasteiger partial charge is 0.377 e. The van der Waals surface area contributed by atoms with Gasteiger partial charge in [-0.2, -0.15) is 0 Å². The molecule has 7 nitrogen and oxygen atoms in total. The van der Waals surface area contributed by atoms with E-state index in [0.29, 0.717) is 6.04 Å². The number of hydrogen-bond donors (Lipinski definition) is 1. The highest BCUT2D eigenvalue weighted by atomic mass is 16.5. The molecule has 0 bridgehead atoms. The Hall–Kier alpha value is -2.67. The minimum atomic E-state index is 0.312. The van der Waals surface area contributed by atoms with Gasteiger partial charge >= 0.3 is 0 Å². The molecule has 4 heterocycles. The highest BCUT2D eigenvalue weighted by Crippen LogP contribution is 2.24. The molecule has 4 rings (SSSR count). The lowest BCUT2D eigenvalue weighted by Crippen LogP contribution is -2.44. The van der Waals surface area contributed by atoms with Crippen molar-refractivity contribution in [2.75, 3.05) is 37.0 Å². The van der Waals surface area contributed by atoms with Crippen molar-refractivity contribution in [1.82, 2.24) is 19.6 Å². The number of pyridine rings is 1. The van der Waals surface area contributed by atoms with Crippen molar-refractivity contribution < 1.29 is 4.74 Å². The van der Waals surface area contributed by atoms with E-state index >= 15 is 0 Å². The van der Waals surface area contributed by atoms with E-state index in [9.17, 15) is 0 Å². The number of anilines is 2. The molecule has 1 saturated heterocycles. The van der Waals surface area contributed by atoms with Crippen molar-refractivity contribution in [3.05, 3.63) is 36.7 Å². The number of fused-ring (bicyclic) bond motifs is 1. The van der Waals surface area contributed by atoms with E-state index in [1.807, 2.05) is 42.0 Å². The third-order valence-corrected chi connectivity index (χ3v) is 4.32. The Balaban J connectivity index is 1.78. The van der Waals surface area contributed by atoms with Gasteiger partial charge in [-0.05, 0) is 31.2 Å². The van der Waals surface area contributed by atoms with Crippen LogP contribution in [-0.4, -0.2) is 52.4 Å². The maximum atomic E-state index is 5.52. The Morgan fingerprint density at radius 2 is 2.17 bits per heavy atom. The van der Waals surface area contributed by atoms with Gasteiger partial charge in [0.25, 0.3) is 0 Å². The van der Waals surface area contributed by atoms with Crippen LogP contribution in [0.4, 0.5) is 11.6 Å². The lowest BCUT2D eigenvalue weighted by Gasteiger charge is -2.34. The topological polar surface area (TPSA) is 67.6 Å². The number of imidazole rings is 1. The van der Waals surface area contributed by atoms with Gasteiger partial charge in [-0.25, -0.2) is 14.5 Å². The molecule has 3 aromatic heterocycles. The van der Waals surface area contributed by atoms with E-state index in [1.165, 1.54) is 0 Å². The van der Waals surface area contributed by atoms with Crippen LogP contribution < -0.4 is 10.2 Å². The van der Waals surface area contributed by atoms with E-state index in [-0.39, 0.29) is 0 Å². The predicted octanol–water partition coefficient (Wildman–Crippen LogP) is 2.06. The summed E-state index contributed by atoms with van der Waals surface area (Å²) in [5.41, 5.74) is 2.81. The molecule has 24 heavy (non-hydrogen) atoms. The summed E-state index contributed by atoms with van der Waals surface area (Å²) in [5, 5.41) is 7.89. The van der Waals surface area contributed by atoms with Crippen LogP contribution in [0.25, 0.3) is 16.9 Å². The lowest BCUT2D eigenvalue weighted by atomic mass is 10.2. The fraction of sp³-hybridized carbons (Fsp3) is 0.353. The summed E-state index contributed by atoms with van der Waals surface area (Å²) in [6.07, 6.45) is 3.64. The Morgan fingerprint density at radius 1 is 1.25 bits per heavy atom. The fourth-order valence-electron chi connectivity index (χ4n) is 3.01. The summed E-state index contributed by atoms with van der Waals surface area (Å²) in [7, 11) is 1.86. The number of hydrogen-bond acceptors (Lipinski definition) is 6. The molecule has 0 spiro atoms. The smallest absolute Gasteiger partial charge is 0.154 e. The molecule has 1 unspecified atom stereocenters. The lowest BCUT2D eigenvalue weighted by molar-refractivity contribution is 0.0984. The van der Waals surface area contributed by atoms with Crippen molar-refractivity contribution >= 4 is 17.3 Å². The Labute approximate surface area is 140 Å². The van der Waals surface area contributed by atoms with E-state index in [4.69, 9.17) is 9.84 Å². The van der Waals surface area contributed by atoms with Gasteiger partial charge in [0, 0.05) is 25.4 Å². The average Bonchev–Trinajstić information content (AvgIpc) is 3.05. The Bertz CT molecular complexity index is 861. The number of rotatable bonds is 3. The molecule has 0 aromatic carbocycles. The van der Waals surface area contributed by atoms with Gasteiger partial charge in [0.1, 0.15) is 11.6 Å². The minimum Gasteiger partial charge on any atom is -0.377 e. The van der Waals surface area contributed by atoms with Crippen molar-refractivity contribution in [3.8, 4) is 11.3 Å². The monoisotopic (exact) mass is 324 g/mol. The van der Waals surface area contributed by atoms with Gasteiger partial charge in [-0.1, -0.05) is 0 Å². The second-order valence-corrected chi connectivity index (χ2v) is 5.90. The molecule has 0 radical (unpaired) electrons. The van der Waals surface area contributed by atoms with Gasteiger partial charge in [0.15, 0.2) is 5.65 Å². The van der Waals surface area contributed by atoms with Crippen molar-refractivity contribution in [1.29, 1.82) is 0 Å². The maximum Gasteiger partial charge on any atom is 0.154 e. The average molecular weight is 324 g/mol. The molecular formula is C17H20N6O. The summed E-state index contributed by atoms with van der Waals surface area (Å²) in [6.45, 7) is 4.47. The van der Waals surface area contributed by atoms with Crippen molar-refractivity contribution in [2.45, 2.75) is 13.0 Å². The van der Waals surface area contributed by atoms with E-state index < -0.39 is 0 Å². The summed E-state index contributed by atoms with van der Waals surface area (Å²) in [4.78, 5) is 11.0. The van der Waals surface area contributed by atoms with E-state index in [0.717, 1.165) is 48.3 Å².